The van der Waals surface area contributed by atoms with Crippen molar-refractivity contribution in [1.82, 2.24) is 4.90 Å². The summed E-state index contributed by atoms with van der Waals surface area (Å²) in [6.07, 6.45) is 1.95. The Bertz CT molecular complexity index is 607. The van der Waals surface area contributed by atoms with Gasteiger partial charge in [-0.2, -0.15) is 0 Å². The number of ether oxygens (including phenoxy) is 1. The second-order valence-corrected chi connectivity index (χ2v) is 6.17. The van der Waals surface area contributed by atoms with Crippen molar-refractivity contribution in [2.75, 3.05) is 19.7 Å². The summed E-state index contributed by atoms with van der Waals surface area (Å²) in [5.74, 6) is 0.00317. The standard InChI is InChI=1S/C13H18N2O4S/c1-2-19-11-6-5-10(9-12(11)20(14,17)18)13(16)15-7-3-4-8-15/h5-6,9H,2-4,7-8H2,1H3,(H2,14,17,18). The summed E-state index contributed by atoms with van der Waals surface area (Å²) in [4.78, 5) is 13.8. The zero-order valence-corrected chi connectivity index (χ0v) is 12.1. The zero-order valence-electron chi connectivity index (χ0n) is 11.3. The molecule has 2 rings (SSSR count). The lowest BCUT2D eigenvalue weighted by Crippen LogP contribution is -2.28. The van der Waals surface area contributed by atoms with Crippen LogP contribution in [0.2, 0.25) is 0 Å². The monoisotopic (exact) mass is 298 g/mol. The van der Waals surface area contributed by atoms with Gasteiger partial charge in [0.1, 0.15) is 10.6 Å². The molecule has 1 fully saturated rings. The van der Waals surface area contributed by atoms with Crippen LogP contribution in [0.3, 0.4) is 0 Å². The lowest BCUT2D eigenvalue weighted by atomic mass is 10.2. The Balaban J connectivity index is 2.38. The summed E-state index contributed by atoms with van der Waals surface area (Å²) in [6, 6.07) is 4.34. The van der Waals surface area contributed by atoms with Gasteiger partial charge in [-0.1, -0.05) is 0 Å². The topological polar surface area (TPSA) is 89.7 Å². The molecule has 1 amide bonds. The van der Waals surface area contributed by atoms with Gasteiger partial charge in [-0.05, 0) is 38.0 Å². The van der Waals surface area contributed by atoms with Crippen LogP contribution in [-0.4, -0.2) is 38.9 Å². The molecular weight excluding hydrogens is 280 g/mol. The predicted octanol–water partition coefficient (Wildman–Crippen LogP) is 0.969. The van der Waals surface area contributed by atoms with Crippen LogP contribution in [0.5, 0.6) is 5.75 Å². The van der Waals surface area contributed by atoms with Gasteiger partial charge in [0.25, 0.3) is 5.91 Å². The fourth-order valence-electron chi connectivity index (χ4n) is 2.24. The van der Waals surface area contributed by atoms with Gasteiger partial charge in [0.15, 0.2) is 0 Å². The third-order valence-corrected chi connectivity index (χ3v) is 4.12. The van der Waals surface area contributed by atoms with Gasteiger partial charge < -0.3 is 9.64 Å². The molecule has 0 saturated carbocycles. The highest BCUT2D eigenvalue weighted by Gasteiger charge is 2.23. The molecule has 1 heterocycles. The minimum atomic E-state index is -3.93. The first-order valence-electron chi connectivity index (χ1n) is 6.52. The summed E-state index contributed by atoms with van der Waals surface area (Å²) in [5, 5.41) is 5.18. The number of likely N-dealkylation sites (tertiary alicyclic amines) is 1. The van der Waals surface area contributed by atoms with Crippen molar-refractivity contribution in [2.45, 2.75) is 24.7 Å². The van der Waals surface area contributed by atoms with E-state index in [1.54, 1.807) is 17.9 Å². The molecule has 110 valence electrons. The quantitative estimate of drug-likeness (QED) is 0.897. The van der Waals surface area contributed by atoms with E-state index >= 15 is 0 Å². The van der Waals surface area contributed by atoms with Gasteiger partial charge >= 0.3 is 0 Å². The fraction of sp³-hybridized carbons (Fsp3) is 0.462. The van der Waals surface area contributed by atoms with E-state index in [1.807, 2.05) is 0 Å². The van der Waals surface area contributed by atoms with Crippen molar-refractivity contribution in [1.29, 1.82) is 0 Å². The summed E-state index contributed by atoms with van der Waals surface area (Å²) in [5.41, 5.74) is 0.319. The van der Waals surface area contributed by atoms with E-state index in [1.165, 1.54) is 12.1 Å². The number of carbonyl (C=O) groups excluding carboxylic acids is 1. The molecule has 6 nitrogen and oxygen atoms in total. The fourth-order valence-corrected chi connectivity index (χ4v) is 2.94. The number of primary sulfonamides is 1. The minimum Gasteiger partial charge on any atom is -0.492 e. The van der Waals surface area contributed by atoms with Crippen LogP contribution in [0.15, 0.2) is 23.1 Å². The third kappa shape index (κ3) is 3.10. The third-order valence-electron chi connectivity index (χ3n) is 3.19. The van der Waals surface area contributed by atoms with Crippen molar-refractivity contribution in [3.8, 4) is 5.75 Å². The summed E-state index contributed by atoms with van der Waals surface area (Å²) >= 11 is 0. The average molecular weight is 298 g/mol. The van der Waals surface area contributed by atoms with Gasteiger partial charge in [-0.15, -0.1) is 0 Å². The number of rotatable bonds is 4. The molecule has 0 aliphatic carbocycles. The number of nitrogens with two attached hydrogens (primary N) is 1. The molecule has 0 unspecified atom stereocenters. The number of carbonyl (C=O) groups is 1. The first-order chi connectivity index (χ1) is 9.43. The van der Waals surface area contributed by atoms with Crippen molar-refractivity contribution < 1.29 is 17.9 Å². The van der Waals surface area contributed by atoms with Gasteiger partial charge in [-0.25, -0.2) is 13.6 Å². The Morgan fingerprint density at radius 3 is 2.55 bits per heavy atom. The molecule has 1 aromatic carbocycles. The highest BCUT2D eigenvalue weighted by molar-refractivity contribution is 7.89. The van der Waals surface area contributed by atoms with Crippen LogP contribution in [0.1, 0.15) is 30.1 Å². The lowest BCUT2D eigenvalue weighted by molar-refractivity contribution is 0.0792. The van der Waals surface area contributed by atoms with Crippen molar-refractivity contribution in [3.63, 3.8) is 0 Å². The Morgan fingerprint density at radius 2 is 2.00 bits per heavy atom. The molecule has 0 atom stereocenters. The number of hydrogen-bond donors (Lipinski definition) is 1. The molecule has 1 aliphatic rings. The number of hydrogen-bond acceptors (Lipinski definition) is 4. The maximum absolute atomic E-state index is 12.2. The van der Waals surface area contributed by atoms with E-state index in [9.17, 15) is 13.2 Å². The predicted molar refractivity (Wildman–Crippen MR) is 74.1 cm³/mol. The van der Waals surface area contributed by atoms with E-state index < -0.39 is 10.0 Å². The number of sulfonamides is 1. The average Bonchev–Trinajstić information content (AvgIpc) is 2.91. The molecular formula is C13H18N2O4S. The first kappa shape index (κ1) is 14.8. The zero-order chi connectivity index (χ0) is 14.8. The SMILES string of the molecule is CCOc1ccc(C(=O)N2CCCC2)cc1S(N)(=O)=O. The van der Waals surface area contributed by atoms with E-state index in [-0.39, 0.29) is 16.6 Å². The molecule has 0 bridgehead atoms. The highest BCUT2D eigenvalue weighted by Crippen LogP contribution is 2.25. The van der Waals surface area contributed by atoms with Crippen LogP contribution in [-0.2, 0) is 10.0 Å². The Kier molecular flexibility index (Phi) is 4.29. The van der Waals surface area contributed by atoms with E-state index in [2.05, 4.69) is 0 Å². The van der Waals surface area contributed by atoms with Gasteiger partial charge in [0, 0.05) is 18.7 Å². The summed E-state index contributed by atoms with van der Waals surface area (Å²) < 4.78 is 28.4. The molecule has 0 spiro atoms. The maximum Gasteiger partial charge on any atom is 0.253 e. The Labute approximate surface area is 118 Å². The second-order valence-electron chi connectivity index (χ2n) is 4.64. The number of amides is 1. The van der Waals surface area contributed by atoms with Crippen LogP contribution in [0.25, 0.3) is 0 Å². The largest absolute Gasteiger partial charge is 0.492 e. The van der Waals surface area contributed by atoms with Crippen molar-refractivity contribution in [2.24, 2.45) is 5.14 Å². The molecule has 1 aromatic rings. The minimum absolute atomic E-state index is 0.149. The lowest BCUT2D eigenvalue weighted by Gasteiger charge is -2.16. The number of benzene rings is 1. The van der Waals surface area contributed by atoms with Gasteiger partial charge in [0.2, 0.25) is 10.0 Å². The van der Waals surface area contributed by atoms with E-state index in [0.29, 0.717) is 25.3 Å². The highest BCUT2D eigenvalue weighted by atomic mass is 32.2. The van der Waals surface area contributed by atoms with Crippen molar-refractivity contribution >= 4 is 15.9 Å². The Morgan fingerprint density at radius 1 is 1.35 bits per heavy atom. The molecule has 20 heavy (non-hydrogen) atoms. The Hall–Kier alpha value is -1.60. The molecule has 2 N–H and O–H groups in total. The van der Waals surface area contributed by atoms with Crippen LogP contribution in [0.4, 0.5) is 0 Å². The summed E-state index contributed by atoms with van der Waals surface area (Å²) in [6.45, 7) is 3.48. The number of nitrogens with zero attached hydrogens (tertiary/aromatic N) is 1. The van der Waals surface area contributed by atoms with Gasteiger partial charge in [-0.3, -0.25) is 4.79 Å². The van der Waals surface area contributed by atoms with Crippen molar-refractivity contribution in [3.05, 3.63) is 23.8 Å². The molecule has 0 aromatic heterocycles. The van der Waals surface area contributed by atoms with E-state index in [4.69, 9.17) is 9.88 Å². The smallest absolute Gasteiger partial charge is 0.253 e. The molecule has 1 aliphatic heterocycles. The van der Waals surface area contributed by atoms with Crippen LogP contribution >= 0.6 is 0 Å². The van der Waals surface area contributed by atoms with Gasteiger partial charge in [0.05, 0.1) is 6.61 Å². The molecule has 1 saturated heterocycles. The normalized spacial score (nSPS) is 15.4. The first-order valence-corrected chi connectivity index (χ1v) is 8.07. The summed E-state index contributed by atoms with van der Waals surface area (Å²) in [7, 11) is -3.93. The van der Waals surface area contributed by atoms with E-state index in [0.717, 1.165) is 12.8 Å². The van der Waals surface area contributed by atoms with Crippen LogP contribution in [0, 0.1) is 0 Å². The maximum atomic E-state index is 12.2. The second kappa shape index (κ2) is 5.80. The molecule has 0 radical (unpaired) electrons. The van der Waals surface area contributed by atoms with Crippen LogP contribution < -0.4 is 9.88 Å². The molecule has 7 heteroatoms.